The van der Waals surface area contributed by atoms with Gasteiger partial charge in [0.1, 0.15) is 5.75 Å². The summed E-state index contributed by atoms with van der Waals surface area (Å²) in [4.78, 5) is 0. The summed E-state index contributed by atoms with van der Waals surface area (Å²) in [6.07, 6.45) is 6.19. The lowest BCUT2D eigenvalue weighted by Gasteiger charge is -2.23. The Hall–Kier alpha value is -1.02. The van der Waals surface area contributed by atoms with Gasteiger partial charge in [-0.25, -0.2) is 0 Å². The summed E-state index contributed by atoms with van der Waals surface area (Å²) in [5.74, 6) is 1.01. The van der Waals surface area contributed by atoms with Crippen molar-refractivity contribution in [3.63, 3.8) is 0 Å². The Morgan fingerprint density at radius 1 is 1.35 bits per heavy atom. The van der Waals surface area contributed by atoms with Crippen molar-refractivity contribution in [2.75, 3.05) is 13.2 Å². The summed E-state index contributed by atoms with van der Waals surface area (Å²) in [7, 11) is 0. The molecule has 0 aromatic heterocycles. The Labute approximate surface area is 104 Å². The molecule has 1 saturated heterocycles. The van der Waals surface area contributed by atoms with E-state index in [0.29, 0.717) is 6.04 Å². The lowest BCUT2D eigenvalue weighted by molar-refractivity contribution is 0.268. The third kappa shape index (κ3) is 4.04. The molecule has 0 saturated carbocycles. The second-order valence-corrected chi connectivity index (χ2v) is 4.78. The van der Waals surface area contributed by atoms with Crippen molar-refractivity contribution < 1.29 is 4.74 Å². The van der Waals surface area contributed by atoms with Crippen molar-refractivity contribution in [2.24, 2.45) is 0 Å². The van der Waals surface area contributed by atoms with Crippen molar-refractivity contribution in [3.8, 4) is 5.75 Å². The number of rotatable bonds is 5. The average molecular weight is 233 g/mol. The van der Waals surface area contributed by atoms with E-state index >= 15 is 0 Å². The van der Waals surface area contributed by atoms with Crippen LogP contribution >= 0.6 is 0 Å². The predicted molar refractivity (Wildman–Crippen MR) is 71.6 cm³/mol. The first-order valence-electron chi connectivity index (χ1n) is 6.83. The average Bonchev–Trinajstić information content (AvgIpc) is 2.40. The molecule has 2 nitrogen and oxygen atoms in total. The van der Waals surface area contributed by atoms with Crippen LogP contribution in [0.25, 0.3) is 0 Å². The Bertz CT molecular complexity index is 331. The van der Waals surface area contributed by atoms with E-state index in [0.717, 1.165) is 25.2 Å². The Morgan fingerprint density at radius 2 is 2.29 bits per heavy atom. The molecule has 0 aliphatic carbocycles. The summed E-state index contributed by atoms with van der Waals surface area (Å²) >= 11 is 0. The monoisotopic (exact) mass is 233 g/mol. The van der Waals surface area contributed by atoms with Crippen molar-refractivity contribution in [1.29, 1.82) is 0 Å². The zero-order valence-corrected chi connectivity index (χ0v) is 10.7. The van der Waals surface area contributed by atoms with Gasteiger partial charge in [0.25, 0.3) is 0 Å². The molecule has 1 heterocycles. The van der Waals surface area contributed by atoms with E-state index in [1.54, 1.807) is 0 Å². The highest BCUT2D eigenvalue weighted by Gasteiger charge is 2.11. The van der Waals surface area contributed by atoms with Crippen molar-refractivity contribution >= 4 is 0 Å². The molecular formula is C15H23NO. The molecule has 0 radical (unpaired) electrons. The Kier molecular flexibility index (Phi) is 4.87. The van der Waals surface area contributed by atoms with Crippen molar-refractivity contribution in [1.82, 2.24) is 5.32 Å². The zero-order valence-electron chi connectivity index (χ0n) is 10.7. The van der Waals surface area contributed by atoms with Gasteiger partial charge in [-0.05, 0) is 49.9 Å². The molecule has 17 heavy (non-hydrogen) atoms. The van der Waals surface area contributed by atoms with Gasteiger partial charge in [-0.2, -0.15) is 0 Å². The molecule has 0 spiro atoms. The van der Waals surface area contributed by atoms with Crippen LogP contribution in [-0.2, 0) is 6.42 Å². The van der Waals surface area contributed by atoms with Gasteiger partial charge in [-0.3, -0.25) is 0 Å². The van der Waals surface area contributed by atoms with Crippen LogP contribution in [0.15, 0.2) is 24.3 Å². The van der Waals surface area contributed by atoms with Crippen LogP contribution in [0.5, 0.6) is 5.75 Å². The van der Waals surface area contributed by atoms with E-state index < -0.39 is 0 Å². The van der Waals surface area contributed by atoms with Gasteiger partial charge in [0.05, 0.1) is 6.61 Å². The normalized spacial score (nSPS) is 20.2. The van der Waals surface area contributed by atoms with Gasteiger partial charge in [-0.1, -0.05) is 25.5 Å². The van der Waals surface area contributed by atoms with E-state index in [2.05, 4.69) is 30.4 Å². The maximum absolute atomic E-state index is 5.81. The molecule has 1 unspecified atom stereocenters. The number of benzene rings is 1. The second kappa shape index (κ2) is 6.65. The molecule has 1 aliphatic rings. The number of piperidine rings is 1. The van der Waals surface area contributed by atoms with Gasteiger partial charge in [0.15, 0.2) is 0 Å². The summed E-state index contributed by atoms with van der Waals surface area (Å²) in [6.45, 7) is 4.17. The molecular weight excluding hydrogens is 210 g/mol. The maximum Gasteiger partial charge on any atom is 0.119 e. The first-order chi connectivity index (χ1) is 8.38. The molecule has 1 N–H and O–H groups in total. The molecule has 1 aromatic carbocycles. The number of aryl methyl sites for hydroxylation is 1. The van der Waals surface area contributed by atoms with Gasteiger partial charge in [-0.15, -0.1) is 0 Å². The minimum Gasteiger partial charge on any atom is -0.494 e. The molecule has 0 bridgehead atoms. The van der Waals surface area contributed by atoms with E-state index in [-0.39, 0.29) is 0 Å². The standard InChI is InChI=1S/C15H23NO/c1-2-13-6-5-8-15(12-13)17-11-9-14-7-3-4-10-16-14/h5-6,8,12,14,16H,2-4,7,9-11H2,1H3. The fraction of sp³-hybridized carbons (Fsp3) is 0.600. The van der Waals surface area contributed by atoms with Gasteiger partial charge in [0.2, 0.25) is 0 Å². The summed E-state index contributed by atoms with van der Waals surface area (Å²) in [5, 5.41) is 3.55. The molecule has 94 valence electrons. The topological polar surface area (TPSA) is 21.3 Å². The summed E-state index contributed by atoms with van der Waals surface area (Å²) in [6, 6.07) is 9.09. The number of nitrogens with one attached hydrogen (secondary N) is 1. The molecule has 1 fully saturated rings. The number of hydrogen-bond donors (Lipinski definition) is 1. The van der Waals surface area contributed by atoms with Gasteiger partial charge >= 0.3 is 0 Å². The minimum absolute atomic E-state index is 0.665. The zero-order chi connectivity index (χ0) is 11.9. The highest BCUT2D eigenvalue weighted by atomic mass is 16.5. The first kappa shape index (κ1) is 12.4. The fourth-order valence-electron chi connectivity index (χ4n) is 2.34. The Morgan fingerprint density at radius 3 is 3.06 bits per heavy atom. The molecule has 2 rings (SSSR count). The third-order valence-electron chi connectivity index (χ3n) is 3.45. The van der Waals surface area contributed by atoms with Crippen LogP contribution in [0.2, 0.25) is 0 Å². The van der Waals surface area contributed by atoms with E-state index in [1.807, 2.05) is 6.07 Å². The molecule has 2 heteroatoms. The highest BCUT2D eigenvalue weighted by molar-refractivity contribution is 5.28. The summed E-state index contributed by atoms with van der Waals surface area (Å²) in [5.41, 5.74) is 1.35. The van der Waals surface area contributed by atoms with Crippen molar-refractivity contribution in [2.45, 2.75) is 45.1 Å². The lowest BCUT2D eigenvalue weighted by atomic mass is 10.0. The molecule has 1 atom stereocenters. The van der Waals surface area contributed by atoms with Gasteiger partial charge in [0, 0.05) is 6.04 Å². The lowest BCUT2D eigenvalue weighted by Crippen LogP contribution is -2.35. The first-order valence-corrected chi connectivity index (χ1v) is 6.83. The van der Waals surface area contributed by atoms with Crippen molar-refractivity contribution in [3.05, 3.63) is 29.8 Å². The maximum atomic E-state index is 5.81. The third-order valence-corrected chi connectivity index (χ3v) is 3.45. The van der Waals surface area contributed by atoms with E-state index in [4.69, 9.17) is 4.74 Å². The predicted octanol–water partition coefficient (Wildman–Crippen LogP) is 3.16. The van der Waals surface area contributed by atoms with Crippen LogP contribution in [-0.4, -0.2) is 19.2 Å². The van der Waals surface area contributed by atoms with Crippen LogP contribution < -0.4 is 10.1 Å². The van der Waals surface area contributed by atoms with Crippen LogP contribution in [0, 0.1) is 0 Å². The fourth-order valence-corrected chi connectivity index (χ4v) is 2.34. The Balaban J connectivity index is 1.73. The smallest absolute Gasteiger partial charge is 0.119 e. The highest BCUT2D eigenvalue weighted by Crippen LogP contribution is 2.15. The van der Waals surface area contributed by atoms with Gasteiger partial charge < -0.3 is 10.1 Å². The SMILES string of the molecule is CCc1cccc(OCCC2CCCCN2)c1. The van der Waals surface area contributed by atoms with Crippen LogP contribution in [0.4, 0.5) is 0 Å². The second-order valence-electron chi connectivity index (χ2n) is 4.78. The quantitative estimate of drug-likeness (QED) is 0.843. The van der Waals surface area contributed by atoms with Crippen LogP contribution in [0.1, 0.15) is 38.2 Å². The summed E-state index contributed by atoms with van der Waals surface area (Å²) < 4.78 is 5.81. The van der Waals surface area contributed by atoms with E-state index in [1.165, 1.54) is 31.4 Å². The van der Waals surface area contributed by atoms with Crippen LogP contribution in [0.3, 0.4) is 0 Å². The minimum atomic E-state index is 0.665. The number of ether oxygens (including phenoxy) is 1. The molecule has 1 aliphatic heterocycles. The van der Waals surface area contributed by atoms with E-state index in [9.17, 15) is 0 Å². The largest absolute Gasteiger partial charge is 0.494 e. The molecule has 0 amide bonds. The molecule has 1 aromatic rings. The number of hydrogen-bond acceptors (Lipinski definition) is 2.